The van der Waals surface area contributed by atoms with Crippen molar-refractivity contribution in [2.24, 2.45) is 5.73 Å². The van der Waals surface area contributed by atoms with Crippen LogP contribution in [-0.2, 0) is 19.1 Å². The van der Waals surface area contributed by atoms with Crippen LogP contribution in [0.3, 0.4) is 0 Å². The van der Waals surface area contributed by atoms with Crippen LogP contribution in [0, 0.1) is 6.92 Å². The molecule has 120 valence electrons. The molecule has 22 heavy (non-hydrogen) atoms. The van der Waals surface area contributed by atoms with Crippen LogP contribution >= 0.6 is 0 Å². The quantitative estimate of drug-likeness (QED) is 0.284. The number of H-pyrrole nitrogens is 1. The first kappa shape index (κ1) is 17.2. The van der Waals surface area contributed by atoms with Crippen molar-refractivity contribution < 1.29 is 23.9 Å². The zero-order valence-corrected chi connectivity index (χ0v) is 12.6. The molecule has 9 nitrogen and oxygen atoms in total. The molecule has 0 unspecified atom stereocenters. The lowest BCUT2D eigenvalue weighted by atomic mass is 10.2. The van der Waals surface area contributed by atoms with E-state index in [-0.39, 0.29) is 30.2 Å². The summed E-state index contributed by atoms with van der Waals surface area (Å²) in [5.74, 6) is -2.30. The second kappa shape index (κ2) is 7.81. The van der Waals surface area contributed by atoms with Gasteiger partial charge in [-0.05, 0) is 20.8 Å². The van der Waals surface area contributed by atoms with E-state index in [1.165, 1.54) is 0 Å². The van der Waals surface area contributed by atoms with Gasteiger partial charge in [-0.2, -0.15) is 5.10 Å². The number of amides is 1. The Morgan fingerprint density at radius 1 is 1.23 bits per heavy atom. The average molecular weight is 310 g/mol. The van der Waals surface area contributed by atoms with Crippen LogP contribution < -0.4 is 11.1 Å². The summed E-state index contributed by atoms with van der Waals surface area (Å²) >= 11 is 0. The fourth-order valence-electron chi connectivity index (χ4n) is 1.59. The summed E-state index contributed by atoms with van der Waals surface area (Å²) in [7, 11) is 0. The maximum atomic E-state index is 11.8. The molecule has 9 heteroatoms. The van der Waals surface area contributed by atoms with Crippen molar-refractivity contribution >= 4 is 23.7 Å². The first-order chi connectivity index (χ1) is 10.4. The number of rotatable bonds is 7. The molecule has 4 N–H and O–H groups in total. The molecule has 0 saturated carbocycles. The summed E-state index contributed by atoms with van der Waals surface area (Å²) in [6.45, 7) is 5.03. The third kappa shape index (κ3) is 4.08. The number of carbonyl (C=O) groups excluding carboxylic acids is 3. The van der Waals surface area contributed by atoms with Crippen LogP contribution in [0.2, 0.25) is 0 Å². The molecule has 0 bridgehead atoms. The van der Waals surface area contributed by atoms with E-state index in [0.29, 0.717) is 5.69 Å². The van der Waals surface area contributed by atoms with Gasteiger partial charge < -0.3 is 20.5 Å². The molecule has 0 aliphatic heterocycles. The van der Waals surface area contributed by atoms with Gasteiger partial charge in [-0.15, -0.1) is 0 Å². The predicted molar refractivity (Wildman–Crippen MR) is 76.8 cm³/mol. The van der Waals surface area contributed by atoms with Crippen LogP contribution in [-0.4, -0.2) is 41.3 Å². The second-order valence-corrected chi connectivity index (χ2v) is 4.08. The molecular formula is C13H18N4O5. The monoisotopic (exact) mass is 310 g/mol. The average Bonchev–Trinajstić information content (AvgIpc) is 2.81. The van der Waals surface area contributed by atoms with Gasteiger partial charge >= 0.3 is 11.9 Å². The number of nitrogens with one attached hydrogen (secondary N) is 2. The molecule has 1 amide bonds. The van der Waals surface area contributed by atoms with Crippen molar-refractivity contribution in [1.29, 1.82) is 0 Å². The van der Waals surface area contributed by atoms with Crippen molar-refractivity contribution in [3.8, 4) is 0 Å². The van der Waals surface area contributed by atoms with Crippen LogP contribution in [0.15, 0.2) is 11.8 Å². The summed E-state index contributed by atoms with van der Waals surface area (Å²) in [5.41, 5.74) is 5.47. The molecule has 0 aliphatic carbocycles. The van der Waals surface area contributed by atoms with E-state index in [9.17, 15) is 14.4 Å². The van der Waals surface area contributed by atoms with Crippen molar-refractivity contribution in [1.82, 2.24) is 10.2 Å². The first-order valence-corrected chi connectivity index (χ1v) is 6.58. The lowest BCUT2D eigenvalue weighted by molar-refractivity contribution is -0.146. The van der Waals surface area contributed by atoms with Crippen LogP contribution in [0.4, 0.5) is 5.82 Å². The van der Waals surface area contributed by atoms with Crippen LogP contribution in [0.1, 0.15) is 29.9 Å². The topological polar surface area (TPSA) is 136 Å². The lowest BCUT2D eigenvalue weighted by Gasteiger charge is -2.07. The Morgan fingerprint density at radius 3 is 2.23 bits per heavy atom. The van der Waals surface area contributed by atoms with Gasteiger partial charge in [0, 0.05) is 11.9 Å². The minimum absolute atomic E-state index is 0.0936. The zero-order chi connectivity index (χ0) is 16.7. The van der Waals surface area contributed by atoms with Gasteiger partial charge in [-0.1, -0.05) is 0 Å². The van der Waals surface area contributed by atoms with Crippen molar-refractivity contribution in [3.63, 3.8) is 0 Å². The second-order valence-electron chi connectivity index (χ2n) is 4.08. The van der Waals surface area contributed by atoms with Gasteiger partial charge in [-0.3, -0.25) is 9.89 Å². The Balaban J connectivity index is 3.05. The Kier molecular flexibility index (Phi) is 6.11. The number of carbonyl (C=O) groups is 3. The number of esters is 2. The first-order valence-electron chi connectivity index (χ1n) is 6.58. The number of anilines is 1. The van der Waals surface area contributed by atoms with Crippen molar-refractivity contribution in [3.05, 3.63) is 23.0 Å². The molecule has 0 atom stereocenters. The number of aromatic amines is 1. The van der Waals surface area contributed by atoms with Crippen molar-refractivity contribution in [2.45, 2.75) is 20.8 Å². The van der Waals surface area contributed by atoms with Gasteiger partial charge in [0.1, 0.15) is 5.56 Å². The van der Waals surface area contributed by atoms with Crippen molar-refractivity contribution in [2.75, 3.05) is 18.5 Å². The number of nitrogens with two attached hydrogens (primary N) is 1. The minimum atomic E-state index is -0.846. The standard InChI is InChI=1S/C13H18N4O5/c1-4-21-12(19)8(13(20)22-5-2)6-15-11-9(10(14)18)7(3)16-17-11/h6H,4-5H2,1-3H3,(H2,14,18)(H2,15,16,17). The summed E-state index contributed by atoms with van der Waals surface area (Å²) < 4.78 is 9.55. The van der Waals surface area contributed by atoms with E-state index in [0.717, 1.165) is 6.20 Å². The van der Waals surface area contributed by atoms with E-state index >= 15 is 0 Å². The molecule has 1 aromatic heterocycles. The number of hydrogen-bond acceptors (Lipinski definition) is 7. The van der Waals surface area contributed by atoms with Crippen LogP contribution in [0.5, 0.6) is 0 Å². The highest BCUT2D eigenvalue weighted by atomic mass is 16.6. The fourth-order valence-corrected chi connectivity index (χ4v) is 1.59. The van der Waals surface area contributed by atoms with E-state index in [1.54, 1.807) is 20.8 Å². The van der Waals surface area contributed by atoms with Gasteiger partial charge in [0.15, 0.2) is 11.4 Å². The summed E-state index contributed by atoms with van der Waals surface area (Å²) in [4.78, 5) is 34.8. The minimum Gasteiger partial charge on any atom is -0.462 e. The highest BCUT2D eigenvalue weighted by Gasteiger charge is 2.22. The smallest absolute Gasteiger partial charge is 0.347 e. The predicted octanol–water partition coefficient (Wildman–Crippen LogP) is 0.239. The molecule has 0 spiro atoms. The molecule has 1 heterocycles. The normalized spacial score (nSPS) is 9.77. The molecular weight excluding hydrogens is 292 g/mol. The van der Waals surface area contributed by atoms with E-state index in [2.05, 4.69) is 15.5 Å². The Bertz CT molecular complexity index is 586. The highest BCUT2D eigenvalue weighted by molar-refractivity contribution is 6.14. The molecule has 1 rings (SSSR count). The highest BCUT2D eigenvalue weighted by Crippen LogP contribution is 2.15. The maximum absolute atomic E-state index is 11.8. The number of ether oxygens (including phenoxy) is 2. The third-order valence-electron chi connectivity index (χ3n) is 2.54. The summed E-state index contributed by atoms with van der Waals surface area (Å²) in [6.07, 6.45) is 1.07. The number of primary amides is 1. The van der Waals surface area contributed by atoms with E-state index < -0.39 is 17.8 Å². The molecule has 0 aliphatic rings. The number of aromatic nitrogens is 2. The Morgan fingerprint density at radius 2 is 1.77 bits per heavy atom. The zero-order valence-electron chi connectivity index (χ0n) is 12.6. The van der Waals surface area contributed by atoms with Gasteiger partial charge in [0.2, 0.25) is 0 Å². The maximum Gasteiger partial charge on any atom is 0.347 e. The SMILES string of the molecule is CCOC(=O)C(=CNc1n[nH]c(C)c1C(N)=O)C(=O)OCC. The number of nitrogens with zero attached hydrogens (tertiary/aromatic N) is 1. The number of aryl methyl sites for hydroxylation is 1. The largest absolute Gasteiger partial charge is 0.462 e. The summed E-state index contributed by atoms with van der Waals surface area (Å²) in [6, 6.07) is 0. The van der Waals surface area contributed by atoms with Crippen LogP contribution in [0.25, 0.3) is 0 Å². The third-order valence-corrected chi connectivity index (χ3v) is 2.54. The molecule has 0 saturated heterocycles. The van der Waals surface area contributed by atoms with Gasteiger partial charge in [-0.25, -0.2) is 9.59 Å². The molecule has 1 aromatic rings. The van der Waals surface area contributed by atoms with E-state index in [4.69, 9.17) is 15.2 Å². The Hall–Kier alpha value is -2.84. The Labute approximate surface area is 126 Å². The van der Waals surface area contributed by atoms with E-state index in [1.807, 2.05) is 0 Å². The van der Waals surface area contributed by atoms with Gasteiger partial charge in [0.05, 0.1) is 13.2 Å². The van der Waals surface area contributed by atoms with Gasteiger partial charge in [0.25, 0.3) is 5.91 Å². The summed E-state index contributed by atoms with van der Waals surface area (Å²) in [5, 5.41) is 9.00. The number of hydrogen-bond donors (Lipinski definition) is 3. The lowest BCUT2D eigenvalue weighted by Crippen LogP contribution is -2.20. The fraction of sp³-hybridized carbons (Fsp3) is 0.385. The molecule has 0 aromatic carbocycles. The molecule has 0 radical (unpaired) electrons. The molecule has 0 fully saturated rings.